The summed E-state index contributed by atoms with van der Waals surface area (Å²) in [7, 11) is 0. The van der Waals surface area contributed by atoms with Crippen molar-refractivity contribution in [2.45, 2.75) is 38.6 Å². The number of aliphatic carboxylic acids is 1. The minimum Gasteiger partial charge on any atom is -0.480 e. The lowest BCUT2D eigenvalue weighted by Gasteiger charge is -2.26. The van der Waals surface area contributed by atoms with Gasteiger partial charge in [0.15, 0.2) is 0 Å². The number of carbonyl (C=O) groups excluding carboxylic acids is 1. The van der Waals surface area contributed by atoms with Gasteiger partial charge in [-0.1, -0.05) is 61.5 Å². The lowest BCUT2D eigenvalue weighted by atomic mass is 9.92. The maximum absolute atomic E-state index is 12.3. The van der Waals surface area contributed by atoms with Gasteiger partial charge in [0.05, 0.1) is 6.42 Å². The summed E-state index contributed by atoms with van der Waals surface area (Å²) < 4.78 is 0. The van der Waals surface area contributed by atoms with Gasteiger partial charge in [0.2, 0.25) is 5.91 Å². The van der Waals surface area contributed by atoms with E-state index < -0.39 is 11.5 Å². The van der Waals surface area contributed by atoms with Gasteiger partial charge in [-0.2, -0.15) is 0 Å². The third kappa shape index (κ3) is 4.69. The van der Waals surface area contributed by atoms with Crippen LogP contribution in [0.25, 0.3) is 0 Å². The van der Waals surface area contributed by atoms with Crippen molar-refractivity contribution in [2.75, 3.05) is 0 Å². The van der Waals surface area contributed by atoms with Crippen molar-refractivity contribution >= 4 is 11.9 Å². The van der Waals surface area contributed by atoms with Crippen LogP contribution in [-0.4, -0.2) is 22.5 Å². The molecule has 0 aliphatic heterocycles. The first kappa shape index (κ1) is 17.7. The van der Waals surface area contributed by atoms with Gasteiger partial charge in [-0.25, -0.2) is 4.79 Å². The Hall–Kier alpha value is -2.62. The molecule has 2 aromatic rings. The molecule has 1 atom stereocenters. The number of amides is 1. The molecule has 0 bridgehead atoms. The predicted octanol–water partition coefficient (Wildman–Crippen LogP) is 2.99. The molecule has 1 amide bonds. The lowest BCUT2D eigenvalue weighted by Crippen LogP contribution is -2.54. The number of aryl methyl sites for hydroxylation is 1. The zero-order chi connectivity index (χ0) is 17.6. The third-order valence-corrected chi connectivity index (χ3v) is 4.08. The van der Waals surface area contributed by atoms with Gasteiger partial charge in [-0.15, -0.1) is 0 Å². The normalized spacial score (nSPS) is 13.1. The Morgan fingerprint density at radius 3 is 2.08 bits per heavy atom. The van der Waals surface area contributed by atoms with E-state index in [1.165, 1.54) is 5.56 Å². The molecule has 2 N–H and O–H groups in total. The van der Waals surface area contributed by atoms with E-state index in [0.717, 1.165) is 17.5 Å². The molecule has 4 heteroatoms. The topological polar surface area (TPSA) is 66.4 Å². The first-order valence-electron chi connectivity index (χ1n) is 8.09. The largest absolute Gasteiger partial charge is 0.480 e. The zero-order valence-electron chi connectivity index (χ0n) is 14.1. The Balaban J connectivity index is 2.05. The predicted molar refractivity (Wildman–Crippen MR) is 93.9 cm³/mol. The summed E-state index contributed by atoms with van der Waals surface area (Å²) in [5, 5.41) is 12.2. The molecule has 0 radical (unpaired) electrons. The first-order valence-corrected chi connectivity index (χ1v) is 8.09. The van der Waals surface area contributed by atoms with Crippen molar-refractivity contribution in [3.63, 3.8) is 0 Å². The van der Waals surface area contributed by atoms with Gasteiger partial charge in [-0.3, -0.25) is 4.79 Å². The summed E-state index contributed by atoms with van der Waals surface area (Å²) in [6, 6.07) is 17.1. The van der Waals surface area contributed by atoms with E-state index in [2.05, 4.69) is 12.2 Å². The maximum atomic E-state index is 12.3. The minimum absolute atomic E-state index is 0.168. The van der Waals surface area contributed by atoms with Crippen molar-refractivity contribution in [1.29, 1.82) is 0 Å². The number of rotatable bonds is 7. The van der Waals surface area contributed by atoms with E-state index in [9.17, 15) is 14.7 Å². The fourth-order valence-corrected chi connectivity index (χ4v) is 2.61. The molecule has 0 saturated carbocycles. The highest BCUT2D eigenvalue weighted by molar-refractivity contribution is 5.88. The molecule has 0 aliphatic rings. The van der Waals surface area contributed by atoms with Gasteiger partial charge >= 0.3 is 5.97 Å². The molecule has 4 nitrogen and oxygen atoms in total. The average Bonchev–Trinajstić information content (AvgIpc) is 2.56. The maximum Gasteiger partial charge on any atom is 0.329 e. The number of carboxylic acids is 1. The molecule has 0 spiro atoms. The second kappa shape index (κ2) is 7.77. The minimum atomic E-state index is -1.33. The van der Waals surface area contributed by atoms with Crippen LogP contribution in [-0.2, 0) is 28.9 Å². The summed E-state index contributed by atoms with van der Waals surface area (Å²) in [6.07, 6.45) is 1.35. The SMILES string of the molecule is CCc1ccc(CC(=O)N[C@@](C)(Cc2ccccc2)C(=O)O)cc1. The Kier molecular flexibility index (Phi) is 5.74. The lowest BCUT2D eigenvalue weighted by molar-refractivity contribution is -0.146. The summed E-state index contributed by atoms with van der Waals surface area (Å²) in [5.74, 6) is -1.33. The van der Waals surface area contributed by atoms with Crippen molar-refractivity contribution in [3.05, 3.63) is 71.3 Å². The standard InChI is InChI=1S/C20H23NO3/c1-3-15-9-11-16(12-10-15)13-18(22)21-20(2,19(23)24)14-17-7-5-4-6-8-17/h4-12H,3,13-14H2,1-2H3,(H,21,22)(H,23,24)/t20-/m0/s1. The number of hydrogen-bond acceptors (Lipinski definition) is 2. The number of carboxylic acid groups (broad SMARTS) is 1. The van der Waals surface area contributed by atoms with Crippen LogP contribution in [0, 0.1) is 0 Å². The smallest absolute Gasteiger partial charge is 0.329 e. The van der Waals surface area contributed by atoms with Gasteiger partial charge in [0.25, 0.3) is 0 Å². The Morgan fingerprint density at radius 2 is 1.54 bits per heavy atom. The molecular formula is C20H23NO3. The van der Waals surface area contributed by atoms with Crippen LogP contribution in [0.2, 0.25) is 0 Å². The van der Waals surface area contributed by atoms with Crippen molar-refractivity contribution in [2.24, 2.45) is 0 Å². The van der Waals surface area contributed by atoms with E-state index in [4.69, 9.17) is 0 Å². The average molecular weight is 325 g/mol. The van der Waals surface area contributed by atoms with E-state index in [1.54, 1.807) is 6.92 Å². The van der Waals surface area contributed by atoms with Gasteiger partial charge in [0.1, 0.15) is 5.54 Å². The van der Waals surface area contributed by atoms with E-state index >= 15 is 0 Å². The number of hydrogen-bond donors (Lipinski definition) is 2. The Labute approximate surface area is 142 Å². The Bertz CT molecular complexity index is 695. The van der Waals surface area contributed by atoms with Gasteiger partial charge in [-0.05, 0) is 30.0 Å². The van der Waals surface area contributed by atoms with Gasteiger partial charge < -0.3 is 10.4 Å². The van der Waals surface area contributed by atoms with Crippen LogP contribution in [0.15, 0.2) is 54.6 Å². The second-order valence-corrected chi connectivity index (χ2v) is 6.19. The zero-order valence-corrected chi connectivity index (χ0v) is 14.1. The van der Waals surface area contributed by atoms with E-state index in [-0.39, 0.29) is 18.7 Å². The summed E-state index contributed by atoms with van der Waals surface area (Å²) in [5.41, 5.74) is 1.62. The molecule has 0 saturated heterocycles. The summed E-state index contributed by atoms with van der Waals surface area (Å²) >= 11 is 0. The molecule has 0 aliphatic carbocycles. The van der Waals surface area contributed by atoms with Gasteiger partial charge in [0, 0.05) is 6.42 Å². The number of benzene rings is 2. The van der Waals surface area contributed by atoms with Crippen LogP contribution in [0.3, 0.4) is 0 Å². The quantitative estimate of drug-likeness (QED) is 0.822. The highest BCUT2D eigenvalue weighted by atomic mass is 16.4. The molecule has 126 valence electrons. The molecule has 2 aromatic carbocycles. The van der Waals surface area contributed by atoms with Crippen molar-refractivity contribution < 1.29 is 14.7 Å². The summed E-state index contributed by atoms with van der Waals surface area (Å²) in [4.78, 5) is 24.0. The first-order chi connectivity index (χ1) is 11.4. The molecular weight excluding hydrogens is 302 g/mol. The molecule has 0 aromatic heterocycles. The molecule has 2 rings (SSSR count). The molecule has 0 unspecified atom stereocenters. The van der Waals surface area contributed by atoms with E-state index in [1.807, 2.05) is 54.6 Å². The van der Waals surface area contributed by atoms with Crippen LogP contribution < -0.4 is 5.32 Å². The monoisotopic (exact) mass is 325 g/mol. The highest BCUT2D eigenvalue weighted by Gasteiger charge is 2.34. The molecule has 24 heavy (non-hydrogen) atoms. The highest BCUT2D eigenvalue weighted by Crippen LogP contribution is 2.15. The van der Waals surface area contributed by atoms with Crippen LogP contribution in [0.1, 0.15) is 30.5 Å². The molecule has 0 heterocycles. The van der Waals surface area contributed by atoms with Crippen molar-refractivity contribution in [3.8, 4) is 0 Å². The fourth-order valence-electron chi connectivity index (χ4n) is 2.61. The summed E-state index contributed by atoms with van der Waals surface area (Å²) in [6.45, 7) is 3.62. The van der Waals surface area contributed by atoms with E-state index in [0.29, 0.717) is 0 Å². The van der Waals surface area contributed by atoms with Crippen molar-refractivity contribution in [1.82, 2.24) is 5.32 Å². The second-order valence-electron chi connectivity index (χ2n) is 6.19. The Morgan fingerprint density at radius 1 is 0.958 bits per heavy atom. The van der Waals surface area contributed by atoms with Crippen LogP contribution in [0.4, 0.5) is 0 Å². The third-order valence-electron chi connectivity index (χ3n) is 4.08. The van der Waals surface area contributed by atoms with Crippen LogP contribution >= 0.6 is 0 Å². The number of carbonyl (C=O) groups is 2. The molecule has 0 fully saturated rings. The fraction of sp³-hybridized carbons (Fsp3) is 0.300. The number of nitrogens with one attached hydrogen (secondary N) is 1. The van der Waals surface area contributed by atoms with Crippen LogP contribution in [0.5, 0.6) is 0 Å².